The molecule has 0 unspecified atom stereocenters. The number of pyridine rings is 1. The van der Waals surface area contributed by atoms with Crippen molar-refractivity contribution in [2.75, 3.05) is 13.1 Å². The van der Waals surface area contributed by atoms with E-state index in [-0.39, 0.29) is 0 Å². The highest BCUT2D eigenvalue weighted by Crippen LogP contribution is 2.24. The first kappa shape index (κ1) is 12.3. The van der Waals surface area contributed by atoms with Crippen molar-refractivity contribution in [3.8, 4) is 11.4 Å². The Bertz CT molecular complexity index is 552. The summed E-state index contributed by atoms with van der Waals surface area (Å²) in [5, 5.41) is 7.46. The van der Waals surface area contributed by atoms with E-state index in [2.05, 4.69) is 20.4 Å². The van der Waals surface area contributed by atoms with Crippen molar-refractivity contribution in [1.29, 1.82) is 0 Å². The van der Waals surface area contributed by atoms with Crippen molar-refractivity contribution in [3.63, 3.8) is 0 Å². The Kier molecular flexibility index (Phi) is 3.29. The van der Waals surface area contributed by atoms with Crippen LogP contribution in [0.2, 0.25) is 0 Å². The van der Waals surface area contributed by atoms with E-state index in [0.717, 1.165) is 48.8 Å². The highest BCUT2D eigenvalue weighted by molar-refractivity contribution is 5.55. The zero-order valence-corrected chi connectivity index (χ0v) is 11.3. The molecule has 1 fully saturated rings. The summed E-state index contributed by atoms with van der Waals surface area (Å²) < 4.78 is 5.42. The van der Waals surface area contributed by atoms with Crippen molar-refractivity contribution in [1.82, 2.24) is 20.4 Å². The summed E-state index contributed by atoms with van der Waals surface area (Å²) >= 11 is 0. The highest BCUT2D eigenvalue weighted by atomic mass is 16.5. The molecule has 1 saturated heterocycles. The van der Waals surface area contributed by atoms with Crippen LogP contribution in [0.3, 0.4) is 0 Å². The minimum Gasteiger partial charge on any atom is -0.339 e. The van der Waals surface area contributed by atoms with Crippen molar-refractivity contribution < 1.29 is 4.52 Å². The molecule has 3 heterocycles. The van der Waals surface area contributed by atoms with E-state index in [9.17, 15) is 0 Å². The lowest BCUT2D eigenvalue weighted by Crippen LogP contribution is -2.28. The first-order valence-electron chi connectivity index (χ1n) is 6.72. The van der Waals surface area contributed by atoms with Gasteiger partial charge >= 0.3 is 0 Å². The maximum Gasteiger partial charge on any atom is 0.231 e. The molecule has 0 spiro atoms. The van der Waals surface area contributed by atoms with Gasteiger partial charge in [0.25, 0.3) is 0 Å². The van der Waals surface area contributed by atoms with Crippen LogP contribution in [-0.4, -0.2) is 28.2 Å². The fourth-order valence-corrected chi connectivity index (χ4v) is 2.54. The molecule has 0 saturated carbocycles. The fourth-order valence-electron chi connectivity index (χ4n) is 2.54. The largest absolute Gasteiger partial charge is 0.339 e. The average Bonchev–Trinajstić information content (AvgIpc) is 2.88. The van der Waals surface area contributed by atoms with Crippen LogP contribution in [0.5, 0.6) is 0 Å². The van der Waals surface area contributed by atoms with Gasteiger partial charge in [0.05, 0.1) is 5.92 Å². The lowest BCUT2D eigenvalue weighted by molar-refractivity contribution is 0.322. The minimum atomic E-state index is 0.346. The average molecular weight is 258 g/mol. The van der Waals surface area contributed by atoms with Crippen LogP contribution < -0.4 is 5.32 Å². The normalized spacial score (nSPS) is 19.6. The molecule has 1 atom stereocenters. The number of hydrogen-bond donors (Lipinski definition) is 1. The SMILES string of the molecule is Cc1cc(-c2noc([C@H]3CCCNC3)n2)cc(C)n1. The molecule has 0 amide bonds. The van der Waals surface area contributed by atoms with Gasteiger partial charge < -0.3 is 9.84 Å². The van der Waals surface area contributed by atoms with Gasteiger partial charge in [-0.3, -0.25) is 4.98 Å². The quantitative estimate of drug-likeness (QED) is 0.894. The van der Waals surface area contributed by atoms with Crippen molar-refractivity contribution in [2.24, 2.45) is 0 Å². The van der Waals surface area contributed by atoms with E-state index >= 15 is 0 Å². The van der Waals surface area contributed by atoms with Gasteiger partial charge in [-0.15, -0.1) is 0 Å². The molecule has 1 N–H and O–H groups in total. The number of aromatic nitrogens is 3. The van der Waals surface area contributed by atoms with Gasteiger partial charge in [0.2, 0.25) is 11.7 Å². The summed E-state index contributed by atoms with van der Waals surface area (Å²) in [6.07, 6.45) is 2.28. The summed E-state index contributed by atoms with van der Waals surface area (Å²) in [7, 11) is 0. The zero-order chi connectivity index (χ0) is 13.2. The van der Waals surface area contributed by atoms with Crippen LogP contribution in [0.4, 0.5) is 0 Å². The third-order valence-electron chi connectivity index (χ3n) is 3.43. The number of nitrogens with one attached hydrogen (secondary N) is 1. The second-order valence-corrected chi connectivity index (χ2v) is 5.14. The minimum absolute atomic E-state index is 0.346. The Balaban J connectivity index is 1.87. The molecule has 0 radical (unpaired) electrons. The number of rotatable bonds is 2. The number of piperidine rings is 1. The topological polar surface area (TPSA) is 63.8 Å². The summed E-state index contributed by atoms with van der Waals surface area (Å²) in [5.41, 5.74) is 2.92. The number of nitrogens with zero attached hydrogens (tertiary/aromatic N) is 3. The lowest BCUT2D eigenvalue weighted by atomic mass is 10.00. The van der Waals surface area contributed by atoms with E-state index in [1.807, 2.05) is 26.0 Å². The predicted octanol–water partition coefficient (Wildman–Crippen LogP) is 2.22. The lowest BCUT2D eigenvalue weighted by Gasteiger charge is -2.18. The van der Waals surface area contributed by atoms with Gasteiger partial charge in [-0.1, -0.05) is 5.16 Å². The fraction of sp³-hybridized carbons (Fsp3) is 0.500. The first-order chi connectivity index (χ1) is 9.22. The van der Waals surface area contributed by atoms with E-state index in [1.54, 1.807) is 0 Å². The van der Waals surface area contributed by atoms with Crippen molar-refractivity contribution in [3.05, 3.63) is 29.4 Å². The zero-order valence-electron chi connectivity index (χ0n) is 11.3. The van der Waals surface area contributed by atoms with Gasteiger partial charge in [0.1, 0.15) is 0 Å². The molecule has 5 nitrogen and oxygen atoms in total. The van der Waals surface area contributed by atoms with Gasteiger partial charge in [-0.2, -0.15) is 4.98 Å². The number of hydrogen-bond acceptors (Lipinski definition) is 5. The van der Waals surface area contributed by atoms with Crippen LogP contribution in [0.25, 0.3) is 11.4 Å². The molecule has 100 valence electrons. The Labute approximate surface area is 112 Å². The molecular formula is C14H18N4O. The Morgan fingerprint density at radius 2 is 2.00 bits per heavy atom. The van der Waals surface area contributed by atoms with Crippen LogP contribution in [0.15, 0.2) is 16.7 Å². The van der Waals surface area contributed by atoms with Gasteiger partial charge in [0.15, 0.2) is 0 Å². The molecular weight excluding hydrogens is 240 g/mol. The van der Waals surface area contributed by atoms with Crippen molar-refractivity contribution in [2.45, 2.75) is 32.6 Å². The highest BCUT2D eigenvalue weighted by Gasteiger charge is 2.21. The molecule has 0 aliphatic carbocycles. The molecule has 2 aromatic heterocycles. The predicted molar refractivity (Wildman–Crippen MR) is 71.8 cm³/mol. The second-order valence-electron chi connectivity index (χ2n) is 5.14. The van der Waals surface area contributed by atoms with Gasteiger partial charge in [-0.25, -0.2) is 0 Å². The maximum absolute atomic E-state index is 5.42. The summed E-state index contributed by atoms with van der Waals surface area (Å²) in [6, 6.07) is 3.97. The van der Waals surface area contributed by atoms with Gasteiger partial charge in [0, 0.05) is 23.5 Å². The smallest absolute Gasteiger partial charge is 0.231 e. The third-order valence-corrected chi connectivity index (χ3v) is 3.43. The van der Waals surface area contributed by atoms with E-state index in [1.165, 1.54) is 0 Å². The standard InChI is InChI=1S/C14H18N4O/c1-9-6-12(7-10(2)16-9)13-17-14(19-18-13)11-4-3-5-15-8-11/h6-7,11,15H,3-5,8H2,1-2H3/t11-/m0/s1. The van der Waals surface area contributed by atoms with Crippen LogP contribution in [0.1, 0.15) is 36.0 Å². The Hall–Kier alpha value is -1.75. The molecule has 5 heteroatoms. The van der Waals surface area contributed by atoms with Crippen LogP contribution >= 0.6 is 0 Å². The summed E-state index contributed by atoms with van der Waals surface area (Å²) in [6.45, 7) is 5.96. The molecule has 1 aliphatic heterocycles. The molecule has 2 aromatic rings. The Morgan fingerprint density at radius 1 is 1.21 bits per heavy atom. The molecule has 3 rings (SSSR count). The van der Waals surface area contributed by atoms with Crippen LogP contribution in [-0.2, 0) is 0 Å². The summed E-state index contributed by atoms with van der Waals surface area (Å²) in [5.74, 6) is 1.75. The number of aryl methyl sites for hydroxylation is 2. The molecule has 1 aliphatic rings. The molecule has 0 aromatic carbocycles. The van der Waals surface area contributed by atoms with Crippen molar-refractivity contribution >= 4 is 0 Å². The van der Waals surface area contributed by atoms with E-state index < -0.39 is 0 Å². The summed E-state index contributed by atoms with van der Waals surface area (Å²) in [4.78, 5) is 8.90. The molecule has 0 bridgehead atoms. The Morgan fingerprint density at radius 3 is 2.68 bits per heavy atom. The second kappa shape index (κ2) is 5.09. The third kappa shape index (κ3) is 2.66. The first-order valence-corrected chi connectivity index (χ1v) is 6.72. The monoisotopic (exact) mass is 258 g/mol. The van der Waals surface area contributed by atoms with E-state index in [0.29, 0.717) is 11.7 Å². The maximum atomic E-state index is 5.42. The van der Waals surface area contributed by atoms with Gasteiger partial charge in [-0.05, 0) is 45.4 Å². The van der Waals surface area contributed by atoms with E-state index in [4.69, 9.17) is 4.52 Å². The molecule has 19 heavy (non-hydrogen) atoms. The van der Waals surface area contributed by atoms with Crippen LogP contribution in [0, 0.1) is 13.8 Å².